The van der Waals surface area contributed by atoms with Crippen molar-refractivity contribution in [3.63, 3.8) is 0 Å². The number of likely N-dealkylation sites (tertiary alicyclic amines) is 1. The molecule has 2 aliphatic rings. The minimum Gasteiger partial charge on any atom is -0.481 e. The molecule has 0 radical (unpaired) electrons. The molecule has 2 fully saturated rings. The Morgan fingerprint density at radius 3 is 2.58 bits per heavy atom. The largest absolute Gasteiger partial charge is 0.481 e. The normalized spacial score (nSPS) is 18.7. The number of methoxy groups -OCH3 is 1. The summed E-state index contributed by atoms with van der Waals surface area (Å²) < 4.78 is 5.29. The molecule has 0 amide bonds. The molecule has 1 saturated heterocycles. The number of hydrogen-bond acceptors (Lipinski definition) is 7. The Kier molecular flexibility index (Phi) is 4.97. The Labute approximate surface area is 154 Å². The molecule has 0 atom stereocenters. The third-order valence-electron chi connectivity index (χ3n) is 5.18. The lowest BCUT2D eigenvalue weighted by atomic mass is 10.0. The minimum atomic E-state index is 0.530. The molecule has 138 valence electrons. The topological polar surface area (TPSA) is 67.3 Å². The van der Waals surface area contributed by atoms with E-state index in [1.54, 1.807) is 19.6 Å². The molecule has 7 heteroatoms. The molecule has 0 unspecified atom stereocenters. The highest BCUT2D eigenvalue weighted by Gasteiger charge is 2.36. The van der Waals surface area contributed by atoms with Crippen LogP contribution < -0.4 is 9.64 Å². The van der Waals surface area contributed by atoms with Crippen LogP contribution in [0.5, 0.6) is 5.88 Å². The molecule has 1 aliphatic heterocycles. The van der Waals surface area contributed by atoms with Crippen molar-refractivity contribution in [2.75, 3.05) is 25.1 Å². The maximum absolute atomic E-state index is 5.29. The van der Waals surface area contributed by atoms with Crippen molar-refractivity contribution < 1.29 is 4.74 Å². The maximum atomic E-state index is 5.29. The summed E-state index contributed by atoms with van der Waals surface area (Å²) in [7, 11) is 1.65. The molecule has 1 saturated carbocycles. The van der Waals surface area contributed by atoms with Crippen molar-refractivity contribution in [2.45, 2.75) is 51.2 Å². The summed E-state index contributed by atoms with van der Waals surface area (Å²) in [6.45, 7) is 5.02. The Morgan fingerprint density at radius 1 is 1.12 bits per heavy atom. The van der Waals surface area contributed by atoms with Crippen molar-refractivity contribution in [2.24, 2.45) is 0 Å². The molecule has 0 N–H and O–H groups in total. The first-order chi connectivity index (χ1) is 12.7. The van der Waals surface area contributed by atoms with Gasteiger partial charge in [-0.05, 0) is 32.6 Å². The second-order valence-corrected chi connectivity index (χ2v) is 7.22. The van der Waals surface area contributed by atoms with E-state index in [2.05, 4.69) is 29.7 Å². The lowest BCUT2D eigenvalue weighted by molar-refractivity contribution is 0.198. The number of rotatable bonds is 6. The quantitative estimate of drug-likeness (QED) is 0.788. The molecule has 0 aromatic carbocycles. The zero-order valence-corrected chi connectivity index (χ0v) is 15.5. The summed E-state index contributed by atoms with van der Waals surface area (Å²) in [5.41, 5.74) is 2.04. The summed E-state index contributed by atoms with van der Waals surface area (Å²) in [6, 6.07) is 3.11. The Morgan fingerprint density at radius 2 is 1.88 bits per heavy atom. The van der Waals surface area contributed by atoms with E-state index >= 15 is 0 Å². The van der Waals surface area contributed by atoms with Gasteiger partial charge in [0.05, 0.1) is 18.5 Å². The van der Waals surface area contributed by atoms with E-state index in [0.717, 1.165) is 49.7 Å². The van der Waals surface area contributed by atoms with Crippen LogP contribution in [0.1, 0.15) is 37.1 Å². The summed E-state index contributed by atoms with van der Waals surface area (Å²) in [5, 5.41) is 0. The molecule has 4 rings (SSSR count). The second kappa shape index (κ2) is 7.53. The summed E-state index contributed by atoms with van der Waals surface area (Å²) in [6.07, 6.45) is 10.1. The highest BCUT2D eigenvalue weighted by Crippen LogP contribution is 2.36. The highest BCUT2D eigenvalue weighted by molar-refractivity contribution is 5.45. The molecule has 2 aromatic rings. The third kappa shape index (κ3) is 3.93. The van der Waals surface area contributed by atoms with Crippen LogP contribution in [0.4, 0.5) is 5.82 Å². The van der Waals surface area contributed by atoms with Gasteiger partial charge in [0.25, 0.3) is 0 Å². The van der Waals surface area contributed by atoms with Crippen molar-refractivity contribution in [1.82, 2.24) is 24.8 Å². The van der Waals surface area contributed by atoms with Crippen LogP contribution in [0.3, 0.4) is 0 Å². The van der Waals surface area contributed by atoms with Gasteiger partial charge in [-0.25, -0.2) is 9.97 Å². The van der Waals surface area contributed by atoms with Gasteiger partial charge >= 0.3 is 0 Å². The summed E-state index contributed by atoms with van der Waals surface area (Å²) in [4.78, 5) is 22.5. The average Bonchev–Trinajstić information content (AvgIpc) is 3.49. The molecule has 3 heterocycles. The number of piperidine rings is 1. The Balaban J connectivity index is 1.40. The maximum Gasteiger partial charge on any atom is 0.218 e. The van der Waals surface area contributed by atoms with Gasteiger partial charge in [-0.3, -0.25) is 14.9 Å². The van der Waals surface area contributed by atoms with Gasteiger partial charge in [-0.2, -0.15) is 0 Å². The van der Waals surface area contributed by atoms with E-state index < -0.39 is 0 Å². The van der Waals surface area contributed by atoms with E-state index in [1.807, 2.05) is 19.2 Å². The molecule has 1 aliphatic carbocycles. The first-order valence-corrected chi connectivity index (χ1v) is 9.37. The van der Waals surface area contributed by atoms with Gasteiger partial charge in [0, 0.05) is 50.2 Å². The zero-order valence-electron chi connectivity index (χ0n) is 15.5. The van der Waals surface area contributed by atoms with Crippen molar-refractivity contribution >= 4 is 5.82 Å². The van der Waals surface area contributed by atoms with Gasteiger partial charge in [-0.15, -0.1) is 0 Å². The number of nitrogens with zero attached hydrogens (tertiary/aromatic N) is 6. The van der Waals surface area contributed by atoms with E-state index in [4.69, 9.17) is 4.74 Å². The van der Waals surface area contributed by atoms with Crippen LogP contribution in [0.2, 0.25) is 0 Å². The fourth-order valence-electron chi connectivity index (χ4n) is 3.78. The number of hydrogen-bond donors (Lipinski definition) is 0. The van der Waals surface area contributed by atoms with Crippen molar-refractivity contribution in [1.29, 1.82) is 0 Å². The predicted molar refractivity (Wildman–Crippen MR) is 99.2 cm³/mol. The average molecular weight is 354 g/mol. The second-order valence-electron chi connectivity index (χ2n) is 7.22. The smallest absolute Gasteiger partial charge is 0.218 e. The SMILES string of the molecule is COc1cc(N(C2CC2)C2CCN(Cc3cncc(C)n3)CC2)ncn1. The lowest BCUT2D eigenvalue weighted by Crippen LogP contribution is -2.46. The molecule has 0 spiro atoms. The van der Waals surface area contributed by atoms with Gasteiger partial charge in [0.1, 0.15) is 12.1 Å². The minimum absolute atomic E-state index is 0.530. The molecular weight excluding hydrogens is 328 g/mol. The van der Waals surface area contributed by atoms with Gasteiger partial charge in [-0.1, -0.05) is 0 Å². The van der Waals surface area contributed by atoms with E-state index in [0.29, 0.717) is 18.0 Å². The van der Waals surface area contributed by atoms with Crippen molar-refractivity contribution in [3.05, 3.63) is 36.2 Å². The molecule has 0 bridgehead atoms. The van der Waals surface area contributed by atoms with Crippen LogP contribution in [0, 0.1) is 6.92 Å². The lowest BCUT2D eigenvalue weighted by Gasteiger charge is -2.39. The standard InChI is InChI=1S/C19H26N6O/c1-14-10-20-11-15(23-14)12-24-7-5-17(6-8-24)25(16-3-4-16)18-9-19(26-2)22-13-21-18/h9-11,13,16-17H,3-8,12H2,1-2H3. The van der Waals surface area contributed by atoms with Crippen molar-refractivity contribution in [3.8, 4) is 5.88 Å². The van der Waals surface area contributed by atoms with Crippen LogP contribution in [0.25, 0.3) is 0 Å². The first-order valence-electron chi connectivity index (χ1n) is 9.37. The highest BCUT2D eigenvalue weighted by atomic mass is 16.5. The van der Waals surface area contributed by atoms with Gasteiger partial charge in [0.15, 0.2) is 0 Å². The summed E-state index contributed by atoms with van der Waals surface area (Å²) in [5.74, 6) is 1.64. The molecule has 26 heavy (non-hydrogen) atoms. The van der Waals surface area contributed by atoms with Crippen LogP contribution in [-0.2, 0) is 6.54 Å². The van der Waals surface area contributed by atoms with E-state index in [-0.39, 0.29) is 0 Å². The Hall–Kier alpha value is -2.28. The van der Waals surface area contributed by atoms with Crippen LogP contribution >= 0.6 is 0 Å². The number of aryl methyl sites for hydroxylation is 1. The zero-order chi connectivity index (χ0) is 17.9. The third-order valence-corrected chi connectivity index (χ3v) is 5.18. The van der Waals surface area contributed by atoms with E-state index in [1.165, 1.54) is 12.8 Å². The van der Waals surface area contributed by atoms with Crippen LogP contribution in [-0.4, -0.2) is 57.1 Å². The fraction of sp³-hybridized carbons (Fsp3) is 0.579. The summed E-state index contributed by atoms with van der Waals surface area (Å²) >= 11 is 0. The molecule has 7 nitrogen and oxygen atoms in total. The first kappa shape index (κ1) is 17.1. The van der Waals surface area contributed by atoms with Crippen LogP contribution in [0.15, 0.2) is 24.8 Å². The molecular formula is C19H26N6O. The van der Waals surface area contributed by atoms with E-state index in [9.17, 15) is 0 Å². The van der Waals surface area contributed by atoms with Gasteiger partial charge < -0.3 is 9.64 Å². The van der Waals surface area contributed by atoms with Gasteiger partial charge in [0.2, 0.25) is 5.88 Å². The Bertz CT molecular complexity index is 742. The molecule has 2 aromatic heterocycles. The predicted octanol–water partition coefficient (Wildman–Crippen LogP) is 2.22. The fourth-order valence-corrected chi connectivity index (χ4v) is 3.78. The number of anilines is 1. The number of aromatic nitrogens is 4. The monoisotopic (exact) mass is 354 g/mol. The number of ether oxygens (including phenoxy) is 1.